The number of aliphatic hydroxyl groups is 1. The van der Waals surface area contributed by atoms with Gasteiger partial charge in [0.1, 0.15) is 23.0 Å². The van der Waals surface area contributed by atoms with Crippen LogP contribution in [-0.2, 0) is 39.2 Å². The van der Waals surface area contributed by atoms with Crippen molar-refractivity contribution in [3.63, 3.8) is 0 Å². The smallest absolute Gasteiger partial charge is 0.295 e. The number of aliphatic hydroxyl groups excluding tert-OH is 1. The first-order valence-electron chi connectivity index (χ1n) is 17.2. The number of azo groups is 2. The van der Waals surface area contributed by atoms with Crippen LogP contribution >= 0.6 is 12.0 Å². The van der Waals surface area contributed by atoms with Crippen LogP contribution < -0.4 is 20.1 Å². The summed E-state index contributed by atoms with van der Waals surface area (Å²) in [4.78, 5) is 37.7. The molecule has 0 radical (unpaired) electrons. The van der Waals surface area contributed by atoms with E-state index in [1.165, 1.54) is 80.8 Å². The van der Waals surface area contributed by atoms with Crippen molar-refractivity contribution in [3.05, 3.63) is 96.1 Å². The van der Waals surface area contributed by atoms with E-state index in [-0.39, 0.29) is 69.5 Å². The van der Waals surface area contributed by atoms with E-state index < -0.39 is 53.7 Å². The Kier molecular flexibility index (Phi) is 15.0. The third-order valence-electron chi connectivity index (χ3n) is 8.25. The van der Waals surface area contributed by atoms with Crippen LogP contribution in [0.25, 0.3) is 10.8 Å². The van der Waals surface area contributed by atoms with Crippen molar-refractivity contribution in [1.29, 1.82) is 0 Å². The summed E-state index contributed by atoms with van der Waals surface area (Å²) in [6.45, 7) is 2.34. The molecule has 1 atom stereocenters. The SMILES string of the molecule is COc1cc(SOOO)c(C)cc1NC(=O)C(N=Nc1ccc(C(=O)Nc2ccc(N=Nc3ccc4cc(S(=O)(=O)O)cc(S(=O)(=O)O)c4c3)cc2OCCO)cc1)C(C)=O. The Labute approximate surface area is 351 Å². The van der Waals surface area contributed by atoms with Crippen LogP contribution in [0.15, 0.2) is 120 Å². The Morgan fingerprint density at radius 1 is 0.787 bits per heavy atom. The molecule has 320 valence electrons. The number of hydrogen-bond donors (Lipinski definition) is 6. The molecular weight excluding hydrogens is 865 g/mol. The van der Waals surface area contributed by atoms with Gasteiger partial charge in [-0.3, -0.25) is 23.5 Å². The summed E-state index contributed by atoms with van der Waals surface area (Å²) in [5.41, 5.74) is 1.69. The first-order chi connectivity index (χ1) is 28.9. The van der Waals surface area contributed by atoms with Gasteiger partial charge in [0.25, 0.3) is 32.1 Å². The molecule has 6 N–H and O–H groups in total. The fourth-order valence-electron chi connectivity index (χ4n) is 5.37. The fraction of sp³-hybridized carbons (Fsp3) is 0.162. The topological polar surface area (TPSA) is 311 Å². The number of anilines is 2. The number of aryl methyl sites for hydroxylation is 1. The number of carbonyl (C=O) groups is 3. The summed E-state index contributed by atoms with van der Waals surface area (Å²) in [6, 6.07) is 17.1. The Balaban J connectivity index is 1.29. The van der Waals surface area contributed by atoms with E-state index >= 15 is 0 Å². The van der Waals surface area contributed by atoms with E-state index in [4.69, 9.17) is 14.7 Å². The molecule has 0 aliphatic carbocycles. The third-order valence-corrected chi connectivity index (χ3v) is 10.7. The monoisotopic (exact) mass is 898 g/mol. The zero-order valence-corrected chi connectivity index (χ0v) is 34.3. The van der Waals surface area contributed by atoms with E-state index in [9.17, 15) is 45.4 Å². The van der Waals surface area contributed by atoms with Crippen molar-refractivity contribution >= 4 is 89.1 Å². The summed E-state index contributed by atoms with van der Waals surface area (Å²) >= 11 is 0.699. The van der Waals surface area contributed by atoms with Crippen LogP contribution in [0.4, 0.5) is 28.4 Å². The van der Waals surface area contributed by atoms with Crippen LogP contribution in [-0.4, -0.2) is 80.3 Å². The molecule has 1 unspecified atom stereocenters. The van der Waals surface area contributed by atoms with Crippen LogP contribution in [0.2, 0.25) is 0 Å². The number of amides is 2. The maximum atomic E-state index is 13.2. The highest BCUT2D eigenvalue weighted by Gasteiger charge is 2.25. The third kappa shape index (κ3) is 12.0. The number of nitrogens with one attached hydrogen (secondary N) is 2. The predicted molar refractivity (Wildman–Crippen MR) is 217 cm³/mol. The van der Waals surface area contributed by atoms with Gasteiger partial charge in [0.15, 0.2) is 5.78 Å². The number of benzene rings is 5. The van der Waals surface area contributed by atoms with E-state index in [0.29, 0.717) is 28.6 Å². The molecule has 0 heterocycles. The molecule has 5 aromatic carbocycles. The van der Waals surface area contributed by atoms with Crippen molar-refractivity contribution in [2.45, 2.75) is 34.6 Å². The van der Waals surface area contributed by atoms with E-state index in [1.807, 2.05) is 0 Å². The standard InChI is InChI=1S/C37H34N6O15S3/c1-20-14-30(31(55-3)19-33(20)59-58-57-48)39-37(47)35(21(2)45)43-40-24-7-4-22(5-8-24)36(46)38-29-11-10-26(17-32(29)56-13-12-44)42-41-25-9-6-23-15-27(60(49,50)51)18-34(28(23)16-25)61(52,53)54/h4-11,14-19,35,44,48H,12-13H2,1-3H3,(H,38,46)(H,39,47)(H,49,50,51)(H,52,53,54). The second-order valence-corrected chi connectivity index (χ2v) is 16.0. The van der Waals surface area contributed by atoms with E-state index in [2.05, 4.69) is 40.5 Å². The summed E-state index contributed by atoms with van der Waals surface area (Å²) in [5.74, 6) is -1.68. The van der Waals surface area contributed by atoms with Crippen LogP contribution in [0.1, 0.15) is 22.8 Å². The number of ketones is 1. The minimum absolute atomic E-state index is 0.0573. The maximum Gasteiger partial charge on any atom is 0.295 e. The molecule has 0 bridgehead atoms. The van der Waals surface area contributed by atoms with Crippen molar-refractivity contribution in [3.8, 4) is 11.5 Å². The zero-order chi connectivity index (χ0) is 44.5. The highest BCUT2D eigenvalue weighted by Crippen LogP contribution is 2.36. The van der Waals surface area contributed by atoms with Crippen LogP contribution in [0.3, 0.4) is 0 Å². The average molecular weight is 899 g/mol. The number of fused-ring (bicyclic) bond motifs is 1. The largest absolute Gasteiger partial charge is 0.495 e. The van der Waals surface area contributed by atoms with E-state index in [0.717, 1.165) is 6.07 Å². The minimum atomic E-state index is -4.94. The fourth-order valence-corrected chi connectivity index (χ4v) is 7.17. The summed E-state index contributed by atoms with van der Waals surface area (Å²) < 4.78 is 82.0. The lowest BCUT2D eigenvalue weighted by Gasteiger charge is -2.15. The summed E-state index contributed by atoms with van der Waals surface area (Å²) in [7, 11) is -8.38. The zero-order valence-electron chi connectivity index (χ0n) is 31.9. The molecule has 0 aromatic heterocycles. The lowest BCUT2D eigenvalue weighted by Crippen LogP contribution is -2.32. The molecule has 0 aliphatic rings. The van der Waals surface area contributed by atoms with Crippen molar-refractivity contribution < 1.29 is 69.5 Å². The highest BCUT2D eigenvalue weighted by molar-refractivity contribution is 7.94. The Morgan fingerprint density at radius 3 is 2.08 bits per heavy atom. The quantitative estimate of drug-likeness (QED) is 0.0132. The van der Waals surface area contributed by atoms with Crippen molar-refractivity contribution in [1.82, 2.24) is 0 Å². The molecule has 61 heavy (non-hydrogen) atoms. The van der Waals surface area contributed by atoms with Crippen molar-refractivity contribution in [2.24, 2.45) is 20.5 Å². The number of methoxy groups -OCH3 is 1. The van der Waals surface area contributed by atoms with Crippen molar-refractivity contribution in [2.75, 3.05) is 31.0 Å². The lowest BCUT2D eigenvalue weighted by atomic mass is 10.1. The molecular formula is C37H34N6O15S3. The second-order valence-electron chi connectivity index (χ2n) is 12.5. The number of rotatable bonds is 18. The average Bonchev–Trinajstić information content (AvgIpc) is 3.21. The molecule has 0 saturated carbocycles. The number of ether oxygens (including phenoxy) is 2. The Bertz CT molecular complexity index is 2770. The molecule has 0 spiro atoms. The van der Waals surface area contributed by atoms with Gasteiger partial charge in [0.2, 0.25) is 6.04 Å². The number of Topliss-reactive ketones (excluding diaryl/α,β-unsaturated/α-hetero) is 1. The molecule has 5 rings (SSSR count). The van der Waals surface area contributed by atoms with Gasteiger partial charge < -0.3 is 25.2 Å². The normalized spacial score (nSPS) is 12.4. The first-order valence-corrected chi connectivity index (χ1v) is 20.8. The highest BCUT2D eigenvalue weighted by atomic mass is 32.2. The van der Waals surface area contributed by atoms with Crippen LogP contribution in [0.5, 0.6) is 11.5 Å². The van der Waals surface area contributed by atoms with Gasteiger partial charge in [0.05, 0.1) is 59.1 Å². The number of carbonyl (C=O) groups excluding carboxylic acids is 3. The van der Waals surface area contributed by atoms with Crippen LogP contribution in [0, 0.1) is 6.92 Å². The first kappa shape index (κ1) is 45.9. The van der Waals surface area contributed by atoms with Gasteiger partial charge in [0, 0.05) is 21.9 Å². The second kappa shape index (κ2) is 19.9. The summed E-state index contributed by atoms with van der Waals surface area (Å²) in [6.07, 6.45) is 0. The van der Waals surface area contributed by atoms with Gasteiger partial charge >= 0.3 is 0 Å². The molecule has 0 saturated heterocycles. The predicted octanol–water partition coefficient (Wildman–Crippen LogP) is 6.80. The molecule has 2 amide bonds. The van der Waals surface area contributed by atoms with Gasteiger partial charge in [-0.1, -0.05) is 11.1 Å². The Hall–Kier alpha value is -6.22. The van der Waals surface area contributed by atoms with Gasteiger partial charge in [-0.05, 0) is 97.6 Å². The molecule has 0 fully saturated rings. The lowest BCUT2D eigenvalue weighted by molar-refractivity contribution is -0.432. The molecule has 24 heteroatoms. The van der Waals surface area contributed by atoms with Gasteiger partial charge in [-0.2, -0.15) is 37.3 Å². The molecule has 0 aliphatic heterocycles. The van der Waals surface area contributed by atoms with Gasteiger partial charge in [-0.25, -0.2) is 5.26 Å². The Morgan fingerprint density at radius 2 is 1.46 bits per heavy atom. The van der Waals surface area contributed by atoms with Gasteiger partial charge in [-0.15, -0.1) is 4.33 Å². The maximum absolute atomic E-state index is 13.2. The number of hydrogen-bond acceptors (Lipinski definition) is 18. The summed E-state index contributed by atoms with van der Waals surface area (Å²) in [5, 5.41) is 42.8. The van der Waals surface area contributed by atoms with E-state index in [1.54, 1.807) is 13.0 Å². The molecule has 5 aromatic rings. The number of nitrogens with zero attached hydrogens (tertiary/aromatic N) is 4. The molecule has 21 nitrogen and oxygen atoms in total. The minimum Gasteiger partial charge on any atom is -0.495 e.